The lowest BCUT2D eigenvalue weighted by Crippen LogP contribution is -2.31. The van der Waals surface area contributed by atoms with E-state index in [4.69, 9.17) is 23.2 Å². The van der Waals surface area contributed by atoms with E-state index < -0.39 is 0 Å². The van der Waals surface area contributed by atoms with Gasteiger partial charge in [-0.1, -0.05) is 11.6 Å². The number of hydrogen-bond acceptors (Lipinski definition) is 4. The van der Waals surface area contributed by atoms with Crippen LogP contribution >= 0.6 is 23.2 Å². The van der Waals surface area contributed by atoms with Crippen LogP contribution in [-0.4, -0.2) is 44.8 Å². The fourth-order valence-electron chi connectivity index (χ4n) is 2.37. The van der Waals surface area contributed by atoms with Crippen LogP contribution in [0.25, 0.3) is 11.0 Å². The average Bonchev–Trinajstić information content (AvgIpc) is 2.74. The molecule has 0 spiro atoms. The first-order chi connectivity index (χ1) is 8.65. The van der Waals surface area contributed by atoms with Crippen molar-refractivity contribution >= 4 is 34.2 Å². The third kappa shape index (κ3) is 2.06. The predicted octanol–water partition coefficient (Wildman–Crippen LogP) is 2.40. The Morgan fingerprint density at radius 2 is 1.94 bits per heavy atom. The summed E-state index contributed by atoms with van der Waals surface area (Å²) in [7, 11) is 2.13. The largest absolute Gasteiger partial charge is 0.306 e. The molecule has 2 aromatic rings. The van der Waals surface area contributed by atoms with Crippen molar-refractivity contribution in [1.82, 2.24) is 24.6 Å². The summed E-state index contributed by atoms with van der Waals surface area (Å²) in [5, 5.41) is 5.70. The number of likely N-dealkylation sites (tertiary alicyclic amines) is 1. The molecular weight excluding hydrogens is 273 g/mol. The smallest absolute Gasteiger partial charge is 0.225 e. The van der Waals surface area contributed by atoms with Gasteiger partial charge in [0.1, 0.15) is 5.15 Å². The molecule has 0 amide bonds. The highest BCUT2D eigenvalue weighted by Gasteiger charge is 2.22. The number of nitrogens with zero attached hydrogens (tertiary/aromatic N) is 5. The quantitative estimate of drug-likeness (QED) is 0.596. The zero-order chi connectivity index (χ0) is 12.7. The normalized spacial score (nSPS) is 18.6. The van der Waals surface area contributed by atoms with Gasteiger partial charge in [-0.2, -0.15) is 10.1 Å². The second-order valence-corrected chi connectivity index (χ2v) is 5.34. The average molecular weight is 286 g/mol. The summed E-state index contributed by atoms with van der Waals surface area (Å²) < 4.78 is 1.93. The second-order valence-electron chi connectivity index (χ2n) is 4.64. The van der Waals surface area contributed by atoms with Crippen LogP contribution in [0.5, 0.6) is 0 Å². The molecule has 96 valence electrons. The standard InChI is InChI=1S/C11H13Cl2N5/c1-17-4-2-7(3-5-17)18-10-8(6-14-18)9(12)15-11(13)16-10/h6-7H,2-5H2,1H3. The van der Waals surface area contributed by atoms with Gasteiger partial charge in [0.25, 0.3) is 0 Å². The number of fused-ring (bicyclic) bond motifs is 1. The SMILES string of the molecule is CN1CCC(n2ncc3c(Cl)nc(Cl)nc32)CC1. The summed E-state index contributed by atoms with van der Waals surface area (Å²) in [6.45, 7) is 2.14. The maximum atomic E-state index is 6.04. The third-order valence-corrected chi connectivity index (χ3v) is 3.87. The van der Waals surface area contributed by atoms with Crippen molar-refractivity contribution < 1.29 is 0 Å². The fourth-order valence-corrected chi connectivity index (χ4v) is 2.79. The summed E-state index contributed by atoms with van der Waals surface area (Å²) in [5.41, 5.74) is 0.731. The monoisotopic (exact) mass is 285 g/mol. The van der Waals surface area contributed by atoms with Crippen LogP contribution in [0.3, 0.4) is 0 Å². The van der Waals surface area contributed by atoms with E-state index in [-0.39, 0.29) is 5.28 Å². The molecule has 5 nitrogen and oxygen atoms in total. The van der Waals surface area contributed by atoms with Crippen molar-refractivity contribution in [3.8, 4) is 0 Å². The molecular formula is C11H13Cl2N5. The highest BCUT2D eigenvalue weighted by molar-refractivity contribution is 6.35. The van der Waals surface area contributed by atoms with Crippen molar-refractivity contribution in [3.63, 3.8) is 0 Å². The molecule has 0 aromatic carbocycles. The molecule has 0 aliphatic carbocycles. The Labute approximate surface area is 115 Å². The first kappa shape index (κ1) is 12.1. The maximum Gasteiger partial charge on any atom is 0.225 e. The lowest BCUT2D eigenvalue weighted by molar-refractivity contribution is 0.215. The molecule has 3 heterocycles. The Bertz CT molecular complexity index is 574. The van der Waals surface area contributed by atoms with Gasteiger partial charge in [0.05, 0.1) is 17.6 Å². The van der Waals surface area contributed by atoms with Crippen molar-refractivity contribution in [2.24, 2.45) is 0 Å². The van der Waals surface area contributed by atoms with Crippen LogP contribution in [0.15, 0.2) is 6.20 Å². The Balaban J connectivity index is 2.02. The zero-order valence-electron chi connectivity index (χ0n) is 9.98. The molecule has 0 radical (unpaired) electrons. The van der Waals surface area contributed by atoms with Gasteiger partial charge in [-0.05, 0) is 44.6 Å². The van der Waals surface area contributed by atoms with Crippen LogP contribution in [-0.2, 0) is 0 Å². The molecule has 0 unspecified atom stereocenters. The fraction of sp³-hybridized carbons (Fsp3) is 0.545. The van der Waals surface area contributed by atoms with E-state index in [9.17, 15) is 0 Å². The first-order valence-corrected chi connectivity index (χ1v) is 6.65. The number of aromatic nitrogens is 4. The molecule has 0 saturated carbocycles. The van der Waals surface area contributed by atoms with E-state index in [1.54, 1.807) is 6.20 Å². The lowest BCUT2D eigenvalue weighted by atomic mass is 10.1. The van der Waals surface area contributed by atoms with E-state index in [1.807, 2.05) is 4.68 Å². The Morgan fingerprint density at radius 3 is 2.67 bits per heavy atom. The van der Waals surface area contributed by atoms with Crippen LogP contribution in [0.2, 0.25) is 10.4 Å². The van der Waals surface area contributed by atoms with E-state index in [1.165, 1.54) is 0 Å². The third-order valence-electron chi connectivity index (χ3n) is 3.41. The number of halogens is 2. The molecule has 1 saturated heterocycles. The van der Waals surface area contributed by atoms with Gasteiger partial charge in [0, 0.05) is 0 Å². The molecule has 1 fully saturated rings. The van der Waals surface area contributed by atoms with Crippen molar-refractivity contribution in [2.45, 2.75) is 18.9 Å². The zero-order valence-corrected chi connectivity index (χ0v) is 11.5. The number of rotatable bonds is 1. The highest BCUT2D eigenvalue weighted by Crippen LogP contribution is 2.28. The maximum absolute atomic E-state index is 6.04. The van der Waals surface area contributed by atoms with E-state index >= 15 is 0 Å². The number of hydrogen-bond donors (Lipinski definition) is 0. The van der Waals surface area contributed by atoms with Gasteiger partial charge in [-0.3, -0.25) is 0 Å². The Kier molecular flexibility index (Phi) is 3.13. The molecule has 1 aliphatic rings. The van der Waals surface area contributed by atoms with Gasteiger partial charge in [0.15, 0.2) is 5.65 Å². The van der Waals surface area contributed by atoms with Crippen LogP contribution in [0.1, 0.15) is 18.9 Å². The minimum Gasteiger partial charge on any atom is -0.306 e. The van der Waals surface area contributed by atoms with Gasteiger partial charge < -0.3 is 4.90 Å². The minimum atomic E-state index is 0.169. The van der Waals surface area contributed by atoms with Crippen LogP contribution in [0, 0.1) is 0 Å². The molecule has 1 aliphatic heterocycles. The van der Waals surface area contributed by atoms with Crippen molar-refractivity contribution in [1.29, 1.82) is 0 Å². The summed E-state index contributed by atoms with van der Waals surface area (Å²) >= 11 is 11.9. The minimum absolute atomic E-state index is 0.169. The topological polar surface area (TPSA) is 46.8 Å². The first-order valence-electron chi connectivity index (χ1n) is 5.90. The summed E-state index contributed by atoms with van der Waals surface area (Å²) in [6.07, 6.45) is 3.84. The predicted molar refractivity (Wildman–Crippen MR) is 71.1 cm³/mol. The molecule has 0 atom stereocenters. The van der Waals surface area contributed by atoms with E-state index in [2.05, 4.69) is 27.0 Å². The summed E-state index contributed by atoms with van der Waals surface area (Å²) in [5.74, 6) is 0. The van der Waals surface area contributed by atoms with Crippen molar-refractivity contribution in [3.05, 3.63) is 16.6 Å². The molecule has 18 heavy (non-hydrogen) atoms. The molecule has 2 aromatic heterocycles. The second kappa shape index (κ2) is 4.64. The lowest BCUT2D eigenvalue weighted by Gasteiger charge is -2.29. The van der Waals surface area contributed by atoms with E-state index in [0.29, 0.717) is 11.2 Å². The Hall–Kier alpha value is -0.910. The summed E-state index contributed by atoms with van der Waals surface area (Å²) in [4.78, 5) is 10.5. The molecule has 7 heteroatoms. The molecule has 0 N–H and O–H groups in total. The molecule has 0 bridgehead atoms. The highest BCUT2D eigenvalue weighted by atomic mass is 35.5. The van der Waals surface area contributed by atoms with Crippen LogP contribution < -0.4 is 0 Å². The van der Waals surface area contributed by atoms with Gasteiger partial charge in [-0.25, -0.2) is 9.67 Å². The molecule has 3 rings (SSSR count). The number of piperidine rings is 1. The van der Waals surface area contributed by atoms with Gasteiger partial charge in [0.2, 0.25) is 5.28 Å². The summed E-state index contributed by atoms with van der Waals surface area (Å²) in [6, 6.07) is 0.362. The van der Waals surface area contributed by atoms with Gasteiger partial charge in [-0.15, -0.1) is 0 Å². The van der Waals surface area contributed by atoms with Gasteiger partial charge >= 0.3 is 0 Å². The van der Waals surface area contributed by atoms with Crippen LogP contribution in [0.4, 0.5) is 0 Å². The van der Waals surface area contributed by atoms with Crippen molar-refractivity contribution in [2.75, 3.05) is 20.1 Å². The van der Waals surface area contributed by atoms with E-state index in [0.717, 1.165) is 37.0 Å². The Morgan fingerprint density at radius 1 is 1.22 bits per heavy atom.